The second-order valence-corrected chi connectivity index (χ2v) is 4.39. The molecule has 1 amide bonds. The van der Waals surface area contributed by atoms with Crippen molar-refractivity contribution >= 4 is 5.91 Å². The van der Waals surface area contributed by atoms with E-state index < -0.39 is 0 Å². The molecule has 0 aliphatic carbocycles. The number of carbonyl (C=O) groups excluding carboxylic acids is 1. The van der Waals surface area contributed by atoms with Crippen LogP contribution < -0.4 is 0 Å². The van der Waals surface area contributed by atoms with Gasteiger partial charge in [-0.05, 0) is 17.7 Å². The van der Waals surface area contributed by atoms with Gasteiger partial charge < -0.3 is 14.7 Å². The third-order valence-electron chi connectivity index (χ3n) is 2.99. The predicted molar refractivity (Wildman–Crippen MR) is 63.6 cm³/mol. The summed E-state index contributed by atoms with van der Waals surface area (Å²) >= 11 is 0. The SMILES string of the molecule is COCc1cccc(C(=O)N2CC(CO)C2)c1. The van der Waals surface area contributed by atoms with Gasteiger partial charge in [-0.25, -0.2) is 0 Å². The van der Waals surface area contributed by atoms with E-state index in [9.17, 15) is 4.79 Å². The fraction of sp³-hybridized carbons (Fsp3) is 0.462. The van der Waals surface area contributed by atoms with Crippen molar-refractivity contribution in [2.45, 2.75) is 6.61 Å². The summed E-state index contributed by atoms with van der Waals surface area (Å²) in [7, 11) is 1.63. The van der Waals surface area contributed by atoms with E-state index in [-0.39, 0.29) is 18.4 Å². The second kappa shape index (κ2) is 5.29. The largest absolute Gasteiger partial charge is 0.396 e. The van der Waals surface area contributed by atoms with Crippen LogP contribution in [0.15, 0.2) is 24.3 Å². The molecular formula is C13H17NO3. The van der Waals surface area contributed by atoms with Gasteiger partial charge in [-0.2, -0.15) is 0 Å². The van der Waals surface area contributed by atoms with Crippen LogP contribution in [0.2, 0.25) is 0 Å². The summed E-state index contributed by atoms with van der Waals surface area (Å²) in [5.41, 5.74) is 1.69. The van der Waals surface area contributed by atoms with Crippen LogP contribution in [0.4, 0.5) is 0 Å². The first-order chi connectivity index (χ1) is 8.24. The normalized spacial score (nSPS) is 15.8. The quantitative estimate of drug-likeness (QED) is 0.843. The third kappa shape index (κ3) is 2.65. The number of aliphatic hydroxyl groups excluding tert-OH is 1. The molecule has 0 aromatic heterocycles. The summed E-state index contributed by atoms with van der Waals surface area (Å²) in [5, 5.41) is 8.92. The Morgan fingerprint density at radius 3 is 2.94 bits per heavy atom. The molecule has 1 aromatic rings. The zero-order chi connectivity index (χ0) is 12.3. The molecule has 1 aliphatic heterocycles. The topological polar surface area (TPSA) is 49.8 Å². The van der Waals surface area contributed by atoms with Crippen molar-refractivity contribution < 1.29 is 14.6 Å². The van der Waals surface area contributed by atoms with Crippen LogP contribution in [0.1, 0.15) is 15.9 Å². The zero-order valence-electron chi connectivity index (χ0n) is 9.93. The Morgan fingerprint density at radius 2 is 2.29 bits per heavy atom. The van der Waals surface area contributed by atoms with Crippen molar-refractivity contribution in [2.75, 3.05) is 26.8 Å². The Bertz CT molecular complexity index is 399. The molecule has 92 valence electrons. The summed E-state index contributed by atoms with van der Waals surface area (Å²) in [5.74, 6) is 0.286. The molecule has 17 heavy (non-hydrogen) atoms. The molecule has 1 N–H and O–H groups in total. The lowest BCUT2D eigenvalue weighted by molar-refractivity contribution is 0.0362. The highest BCUT2D eigenvalue weighted by atomic mass is 16.5. The van der Waals surface area contributed by atoms with E-state index in [1.165, 1.54) is 0 Å². The Hall–Kier alpha value is -1.39. The summed E-state index contributed by atoms with van der Waals surface area (Å²) in [6.07, 6.45) is 0. The van der Waals surface area contributed by atoms with Crippen molar-refractivity contribution in [1.82, 2.24) is 4.90 Å². The highest BCUT2D eigenvalue weighted by molar-refractivity contribution is 5.94. The number of amides is 1. The third-order valence-corrected chi connectivity index (χ3v) is 2.99. The van der Waals surface area contributed by atoms with Crippen LogP contribution in [0.3, 0.4) is 0 Å². The number of hydrogen-bond donors (Lipinski definition) is 1. The van der Waals surface area contributed by atoms with Gasteiger partial charge in [0.1, 0.15) is 0 Å². The molecule has 0 radical (unpaired) electrons. The lowest BCUT2D eigenvalue weighted by Crippen LogP contribution is -2.51. The number of rotatable bonds is 4. The van der Waals surface area contributed by atoms with Gasteiger partial charge in [0, 0.05) is 38.3 Å². The molecule has 4 nitrogen and oxygen atoms in total. The van der Waals surface area contributed by atoms with Gasteiger partial charge in [-0.15, -0.1) is 0 Å². The van der Waals surface area contributed by atoms with Crippen LogP contribution in [0.5, 0.6) is 0 Å². The second-order valence-electron chi connectivity index (χ2n) is 4.39. The minimum absolute atomic E-state index is 0.0349. The Kier molecular flexibility index (Phi) is 3.76. The van der Waals surface area contributed by atoms with Crippen LogP contribution in [-0.4, -0.2) is 42.7 Å². The van der Waals surface area contributed by atoms with Crippen molar-refractivity contribution in [3.8, 4) is 0 Å². The van der Waals surface area contributed by atoms with Crippen LogP contribution in [0.25, 0.3) is 0 Å². The minimum atomic E-state index is 0.0349. The molecule has 1 heterocycles. The van der Waals surface area contributed by atoms with Gasteiger partial charge in [0.05, 0.1) is 6.61 Å². The molecule has 1 aliphatic rings. The first-order valence-corrected chi connectivity index (χ1v) is 5.72. The first kappa shape index (κ1) is 12.1. The molecule has 0 bridgehead atoms. The monoisotopic (exact) mass is 235 g/mol. The lowest BCUT2D eigenvalue weighted by atomic mass is 9.99. The van der Waals surface area contributed by atoms with Gasteiger partial charge in [-0.3, -0.25) is 4.79 Å². The molecule has 1 aromatic carbocycles. The van der Waals surface area contributed by atoms with E-state index in [0.29, 0.717) is 25.3 Å². The molecule has 1 saturated heterocycles. The predicted octanol–water partition coefficient (Wildman–Crippen LogP) is 0.897. The number of aliphatic hydroxyl groups is 1. The maximum atomic E-state index is 12.0. The fourth-order valence-corrected chi connectivity index (χ4v) is 1.99. The molecular weight excluding hydrogens is 218 g/mol. The molecule has 4 heteroatoms. The summed E-state index contributed by atoms with van der Waals surface area (Å²) < 4.78 is 5.04. The number of ether oxygens (including phenoxy) is 1. The van der Waals surface area contributed by atoms with Crippen LogP contribution >= 0.6 is 0 Å². The molecule has 0 unspecified atom stereocenters. The molecule has 0 spiro atoms. The maximum absolute atomic E-state index is 12.0. The lowest BCUT2D eigenvalue weighted by Gasteiger charge is -2.38. The summed E-state index contributed by atoms with van der Waals surface area (Å²) in [4.78, 5) is 13.8. The van der Waals surface area contributed by atoms with Gasteiger partial charge in [0.2, 0.25) is 0 Å². The molecule has 0 saturated carbocycles. The van der Waals surface area contributed by atoms with Crippen molar-refractivity contribution in [2.24, 2.45) is 5.92 Å². The highest BCUT2D eigenvalue weighted by Crippen LogP contribution is 2.18. The fourth-order valence-electron chi connectivity index (χ4n) is 1.99. The average Bonchev–Trinajstić information content (AvgIpc) is 2.28. The van der Waals surface area contributed by atoms with Gasteiger partial charge in [0.15, 0.2) is 0 Å². The highest BCUT2D eigenvalue weighted by Gasteiger charge is 2.30. The average molecular weight is 235 g/mol. The summed E-state index contributed by atoms with van der Waals surface area (Å²) in [6, 6.07) is 7.48. The standard InChI is InChI=1S/C13H17NO3/c1-17-9-10-3-2-4-12(5-10)13(16)14-6-11(7-14)8-15/h2-5,11,15H,6-9H2,1H3. The summed E-state index contributed by atoms with van der Waals surface area (Å²) in [6.45, 7) is 1.99. The van der Waals surface area contributed by atoms with E-state index in [1.54, 1.807) is 12.0 Å². The van der Waals surface area contributed by atoms with Gasteiger partial charge in [0.25, 0.3) is 5.91 Å². The number of hydrogen-bond acceptors (Lipinski definition) is 3. The number of benzene rings is 1. The number of nitrogens with zero attached hydrogens (tertiary/aromatic N) is 1. The number of likely N-dealkylation sites (tertiary alicyclic amines) is 1. The Morgan fingerprint density at radius 1 is 1.53 bits per heavy atom. The van der Waals surface area contributed by atoms with Gasteiger partial charge >= 0.3 is 0 Å². The van der Waals surface area contributed by atoms with Crippen molar-refractivity contribution in [3.63, 3.8) is 0 Å². The zero-order valence-corrected chi connectivity index (χ0v) is 9.93. The van der Waals surface area contributed by atoms with E-state index in [0.717, 1.165) is 5.56 Å². The minimum Gasteiger partial charge on any atom is -0.396 e. The number of methoxy groups -OCH3 is 1. The smallest absolute Gasteiger partial charge is 0.253 e. The van der Waals surface area contributed by atoms with Crippen molar-refractivity contribution in [1.29, 1.82) is 0 Å². The first-order valence-electron chi connectivity index (χ1n) is 5.72. The van der Waals surface area contributed by atoms with Gasteiger partial charge in [-0.1, -0.05) is 12.1 Å². The Labute approximate surface area is 101 Å². The van der Waals surface area contributed by atoms with Crippen LogP contribution in [-0.2, 0) is 11.3 Å². The van der Waals surface area contributed by atoms with Crippen LogP contribution in [0, 0.1) is 5.92 Å². The Balaban J connectivity index is 2.02. The molecule has 2 rings (SSSR count). The molecule has 0 atom stereocenters. The van der Waals surface area contributed by atoms with E-state index in [1.807, 2.05) is 24.3 Å². The van der Waals surface area contributed by atoms with E-state index in [4.69, 9.17) is 9.84 Å². The van der Waals surface area contributed by atoms with E-state index >= 15 is 0 Å². The maximum Gasteiger partial charge on any atom is 0.253 e. The van der Waals surface area contributed by atoms with Crippen molar-refractivity contribution in [3.05, 3.63) is 35.4 Å². The van der Waals surface area contributed by atoms with E-state index in [2.05, 4.69) is 0 Å². The molecule has 1 fully saturated rings. The number of carbonyl (C=O) groups is 1.